The normalized spacial score (nSPS) is 10.0. The average molecular weight is 290 g/mol. The summed E-state index contributed by atoms with van der Waals surface area (Å²) in [6.07, 6.45) is 1.22. The van der Waals surface area contributed by atoms with Gasteiger partial charge in [0.15, 0.2) is 0 Å². The van der Waals surface area contributed by atoms with E-state index in [0.717, 1.165) is 12.5 Å². The van der Waals surface area contributed by atoms with Crippen molar-refractivity contribution in [2.24, 2.45) is 0 Å². The molecule has 6 heteroatoms. The van der Waals surface area contributed by atoms with Gasteiger partial charge in [0.1, 0.15) is 0 Å². The Labute approximate surface area is 115 Å². The van der Waals surface area contributed by atoms with Crippen LogP contribution in [0.5, 0.6) is 0 Å². The first kappa shape index (κ1) is 14.4. The minimum absolute atomic E-state index is 0.0487. The number of thiocarbonyl (C=S) groups is 1. The van der Waals surface area contributed by atoms with Crippen molar-refractivity contribution in [2.75, 3.05) is 5.32 Å². The van der Waals surface area contributed by atoms with Crippen LogP contribution in [0.1, 0.15) is 19.8 Å². The fourth-order valence-electron chi connectivity index (χ4n) is 1.18. The molecule has 0 fully saturated rings. The van der Waals surface area contributed by atoms with E-state index >= 15 is 0 Å². The SMILES string of the molecule is CCCC(=S)C(=O)Nc1ccc(F)[c]([Ti])c1F. The van der Waals surface area contributed by atoms with Crippen molar-refractivity contribution in [3.8, 4) is 0 Å². The zero-order valence-electron chi connectivity index (χ0n) is 9.14. The second kappa shape index (κ2) is 6.33. The van der Waals surface area contributed by atoms with Gasteiger partial charge in [-0.15, -0.1) is 0 Å². The molecule has 0 saturated heterocycles. The molecule has 0 aromatic heterocycles. The van der Waals surface area contributed by atoms with Gasteiger partial charge >= 0.3 is 115 Å². The van der Waals surface area contributed by atoms with Gasteiger partial charge in [0.2, 0.25) is 0 Å². The Balaban J connectivity index is 2.86. The Morgan fingerprint density at radius 3 is 2.71 bits per heavy atom. The Hall–Kier alpha value is -0.646. The van der Waals surface area contributed by atoms with Crippen LogP contribution in [0.2, 0.25) is 0 Å². The molecule has 0 heterocycles. The summed E-state index contributed by atoms with van der Waals surface area (Å²) in [7, 11) is 0. The van der Waals surface area contributed by atoms with E-state index < -0.39 is 17.5 Å². The van der Waals surface area contributed by atoms with Crippen LogP contribution in [-0.2, 0) is 25.2 Å². The summed E-state index contributed by atoms with van der Waals surface area (Å²) in [5.74, 6) is -1.92. The number of halogens is 2. The number of hydrogen-bond acceptors (Lipinski definition) is 2. The second-order valence-electron chi connectivity index (χ2n) is 3.41. The maximum atomic E-state index is 13.6. The first-order valence-corrected chi connectivity index (χ1v) is 6.20. The molecule has 1 N–H and O–H groups in total. The van der Waals surface area contributed by atoms with E-state index in [1.54, 1.807) is 0 Å². The van der Waals surface area contributed by atoms with Crippen molar-refractivity contribution in [1.29, 1.82) is 0 Å². The summed E-state index contributed by atoms with van der Waals surface area (Å²) in [6, 6.07) is 2.29. The zero-order valence-corrected chi connectivity index (χ0v) is 11.5. The molecule has 0 saturated carbocycles. The maximum absolute atomic E-state index is 13.6. The number of hydrogen-bond donors (Lipinski definition) is 1. The first-order valence-electron chi connectivity index (χ1n) is 5.01. The van der Waals surface area contributed by atoms with Crippen LogP contribution in [0.4, 0.5) is 14.5 Å². The molecule has 2 nitrogen and oxygen atoms in total. The molecule has 0 spiro atoms. The first-order chi connectivity index (χ1) is 7.97. The van der Waals surface area contributed by atoms with Crippen LogP contribution >= 0.6 is 12.2 Å². The molecule has 0 aliphatic carbocycles. The quantitative estimate of drug-likeness (QED) is 0.680. The summed E-state index contributed by atoms with van der Waals surface area (Å²) in [5, 5.41) is 2.34. The minimum atomic E-state index is -0.766. The third-order valence-corrected chi connectivity index (χ3v) is 3.17. The van der Waals surface area contributed by atoms with Crippen molar-refractivity contribution in [1.82, 2.24) is 0 Å². The molecular formula is C11H10F2NOSTi. The summed E-state index contributed by atoms with van der Waals surface area (Å²) in [5.41, 5.74) is -0.0487. The number of carbonyl (C=O) groups is 1. The fraction of sp³-hybridized carbons (Fsp3) is 0.273. The topological polar surface area (TPSA) is 29.1 Å². The van der Waals surface area contributed by atoms with Crippen molar-refractivity contribution >= 4 is 32.5 Å². The van der Waals surface area contributed by atoms with E-state index in [1.165, 1.54) is 26.5 Å². The van der Waals surface area contributed by atoms with Crippen LogP contribution in [-0.4, -0.2) is 10.8 Å². The summed E-state index contributed by atoms with van der Waals surface area (Å²) < 4.78 is 26.5. The molecule has 1 aromatic carbocycles. The van der Waals surface area contributed by atoms with Gasteiger partial charge in [-0.1, -0.05) is 0 Å². The van der Waals surface area contributed by atoms with E-state index in [-0.39, 0.29) is 14.4 Å². The molecular weight excluding hydrogens is 280 g/mol. The molecule has 17 heavy (non-hydrogen) atoms. The van der Waals surface area contributed by atoms with Gasteiger partial charge in [-0.05, 0) is 0 Å². The van der Waals surface area contributed by atoms with Crippen molar-refractivity contribution < 1.29 is 34.0 Å². The van der Waals surface area contributed by atoms with Gasteiger partial charge in [0.25, 0.3) is 0 Å². The Kier molecular flexibility index (Phi) is 5.37. The molecule has 89 valence electrons. The third kappa shape index (κ3) is 3.66. The Morgan fingerprint density at radius 1 is 1.47 bits per heavy atom. The van der Waals surface area contributed by atoms with Crippen molar-refractivity contribution in [2.45, 2.75) is 19.8 Å². The van der Waals surface area contributed by atoms with E-state index in [4.69, 9.17) is 12.2 Å². The molecule has 0 atom stereocenters. The van der Waals surface area contributed by atoms with E-state index in [2.05, 4.69) is 5.32 Å². The number of nitrogens with one attached hydrogen (secondary N) is 1. The molecule has 1 amide bonds. The van der Waals surface area contributed by atoms with Crippen LogP contribution in [0.25, 0.3) is 0 Å². The third-order valence-electron chi connectivity index (χ3n) is 2.07. The van der Waals surface area contributed by atoms with E-state index in [0.29, 0.717) is 6.42 Å². The van der Waals surface area contributed by atoms with Gasteiger partial charge in [0.05, 0.1) is 0 Å². The Bertz CT molecular complexity index is 465. The Morgan fingerprint density at radius 2 is 2.12 bits per heavy atom. The number of anilines is 1. The molecule has 1 aromatic rings. The van der Waals surface area contributed by atoms with Gasteiger partial charge in [-0.2, -0.15) is 0 Å². The summed E-state index contributed by atoms with van der Waals surface area (Å²) in [6.45, 7) is 1.89. The van der Waals surface area contributed by atoms with Gasteiger partial charge in [0, 0.05) is 0 Å². The summed E-state index contributed by atoms with van der Waals surface area (Å²) in [4.78, 5) is 11.8. The predicted molar refractivity (Wildman–Crippen MR) is 62.1 cm³/mol. The molecule has 1 rings (SSSR count). The zero-order chi connectivity index (χ0) is 13.0. The van der Waals surface area contributed by atoms with E-state index in [9.17, 15) is 13.6 Å². The summed E-state index contributed by atoms with van der Waals surface area (Å²) >= 11 is 6.18. The fourth-order valence-corrected chi connectivity index (χ4v) is 1.78. The number of benzene rings is 1. The molecule has 0 bridgehead atoms. The van der Waals surface area contributed by atoms with Crippen molar-refractivity contribution in [3.63, 3.8) is 0 Å². The van der Waals surface area contributed by atoms with Crippen LogP contribution in [0, 0.1) is 11.6 Å². The molecule has 0 aliphatic rings. The predicted octanol–water partition coefficient (Wildman–Crippen LogP) is 2.25. The number of rotatable bonds is 4. The molecule has 0 unspecified atom stereocenters. The number of amides is 1. The van der Waals surface area contributed by atoms with Crippen LogP contribution in [0.3, 0.4) is 0 Å². The second-order valence-corrected chi connectivity index (χ2v) is 4.68. The standard InChI is InChI=1S/C11H10F2NOS.Ti/c1-2-3-10(16)11(15)14-9-5-4-7(12)6-8(9)13;/h4-5H,2-3H2,1H3,(H,14,15);. The van der Waals surface area contributed by atoms with Gasteiger partial charge in [-0.3, -0.25) is 0 Å². The number of carbonyl (C=O) groups excluding carboxylic acids is 1. The van der Waals surface area contributed by atoms with Crippen LogP contribution < -0.4 is 9.18 Å². The van der Waals surface area contributed by atoms with Gasteiger partial charge < -0.3 is 0 Å². The van der Waals surface area contributed by atoms with E-state index in [1.807, 2.05) is 6.92 Å². The van der Waals surface area contributed by atoms with Crippen molar-refractivity contribution in [3.05, 3.63) is 23.8 Å². The molecule has 0 aliphatic heterocycles. The van der Waals surface area contributed by atoms with Gasteiger partial charge in [-0.25, -0.2) is 0 Å². The van der Waals surface area contributed by atoms with Crippen LogP contribution in [0.15, 0.2) is 12.1 Å². The molecule has 0 radical (unpaired) electrons. The monoisotopic (exact) mass is 290 g/mol. The average Bonchev–Trinajstić information content (AvgIpc) is 2.30.